The summed E-state index contributed by atoms with van der Waals surface area (Å²) >= 11 is 0. The molecule has 0 heterocycles. The van der Waals surface area contributed by atoms with E-state index in [1.165, 1.54) is 36.4 Å². The van der Waals surface area contributed by atoms with Crippen molar-refractivity contribution in [3.8, 4) is 16.9 Å². The Hall–Kier alpha value is -2.49. The van der Waals surface area contributed by atoms with Crippen LogP contribution in [0.25, 0.3) is 11.1 Å². The Balaban J connectivity index is 2.60. The number of carbonyl (C=O) groups excluding carboxylic acids is 2. The van der Waals surface area contributed by atoms with Crippen LogP contribution >= 0.6 is 0 Å². The van der Waals surface area contributed by atoms with E-state index in [1.807, 2.05) is 0 Å². The fourth-order valence-corrected chi connectivity index (χ4v) is 1.65. The summed E-state index contributed by atoms with van der Waals surface area (Å²) in [6, 6.07) is 8.11. The second-order valence-corrected chi connectivity index (χ2v) is 3.75. The molecule has 0 radical (unpaired) electrons. The fraction of sp³-hybridized carbons (Fsp3) is 0. The molecule has 0 saturated carbocycles. The predicted molar refractivity (Wildman–Crippen MR) is 64.3 cm³/mol. The summed E-state index contributed by atoms with van der Waals surface area (Å²) in [4.78, 5) is 21.4. The number of hydrogen-bond donors (Lipinski definition) is 1. The number of aldehydes is 2. The van der Waals surface area contributed by atoms with Crippen LogP contribution in [0.5, 0.6) is 5.75 Å². The second-order valence-electron chi connectivity index (χ2n) is 3.75. The van der Waals surface area contributed by atoms with Gasteiger partial charge in [-0.2, -0.15) is 0 Å². The quantitative estimate of drug-likeness (QED) is 0.844. The normalized spacial score (nSPS) is 10.1. The first-order chi connectivity index (χ1) is 8.65. The zero-order valence-electron chi connectivity index (χ0n) is 9.26. The maximum Gasteiger partial charge on any atom is 0.153 e. The van der Waals surface area contributed by atoms with Gasteiger partial charge in [-0.3, -0.25) is 9.59 Å². The van der Waals surface area contributed by atoms with Gasteiger partial charge in [-0.15, -0.1) is 0 Å². The van der Waals surface area contributed by atoms with Crippen molar-refractivity contribution in [1.82, 2.24) is 0 Å². The van der Waals surface area contributed by atoms with Crippen LogP contribution in [0.3, 0.4) is 0 Å². The number of phenols is 1. The van der Waals surface area contributed by atoms with Crippen LogP contribution in [0.4, 0.5) is 4.39 Å². The van der Waals surface area contributed by atoms with Gasteiger partial charge in [-0.05, 0) is 35.9 Å². The van der Waals surface area contributed by atoms with Crippen LogP contribution < -0.4 is 0 Å². The minimum atomic E-state index is -0.497. The molecule has 0 fully saturated rings. The van der Waals surface area contributed by atoms with Gasteiger partial charge < -0.3 is 5.11 Å². The summed E-state index contributed by atoms with van der Waals surface area (Å²) in [7, 11) is 0. The molecule has 0 aliphatic carbocycles. The number of halogens is 1. The van der Waals surface area contributed by atoms with Crippen molar-refractivity contribution < 1.29 is 19.1 Å². The van der Waals surface area contributed by atoms with Crippen molar-refractivity contribution in [2.75, 3.05) is 0 Å². The van der Waals surface area contributed by atoms with Gasteiger partial charge in [0.25, 0.3) is 0 Å². The van der Waals surface area contributed by atoms with Gasteiger partial charge in [0, 0.05) is 11.1 Å². The fourth-order valence-electron chi connectivity index (χ4n) is 1.65. The summed E-state index contributed by atoms with van der Waals surface area (Å²) in [6.07, 6.45) is 1.10. The smallest absolute Gasteiger partial charge is 0.153 e. The maximum atomic E-state index is 13.7. The minimum absolute atomic E-state index is 0.0726. The second kappa shape index (κ2) is 4.79. The summed E-state index contributed by atoms with van der Waals surface area (Å²) < 4.78 is 13.7. The zero-order chi connectivity index (χ0) is 13.1. The molecule has 0 bridgehead atoms. The molecule has 0 aliphatic heterocycles. The first-order valence-corrected chi connectivity index (χ1v) is 5.19. The Bertz CT molecular complexity index is 620. The third kappa shape index (κ3) is 2.13. The van der Waals surface area contributed by atoms with Crippen LogP contribution in [-0.2, 0) is 0 Å². The van der Waals surface area contributed by atoms with Gasteiger partial charge in [0.1, 0.15) is 17.9 Å². The molecule has 0 saturated heterocycles. The van der Waals surface area contributed by atoms with Gasteiger partial charge in [0.15, 0.2) is 6.29 Å². The molecule has 0 aromatic heterocycles. The van der Waals surface area contributed by atoms with Gasteiger partial charge in [-0.1, -0.05) is 6.07 Å². The Morgan fingerprint density at radius 1 is 1.00 bits per heavy atom. The van der Waals surface area contributed by atoms with E-state index in [1.54, 1.807) is 0 Å². The molecule has 2 aromatic carbocycles. The molecule has 4 heteroatoms. The van der Waals surface area contributed by atoms with E-state index < -0.39 is 5.82 Å². The monoisotopic (exact) mass is 244 g/mol. The van der Waals surface area contributed by atoms with E-state index in [-0.39, 0.29) is 16.9 Å². The lowest BCUT2D eigenvalue weighted by Gasteiger charge is -2.06. The maximum absolute atomic E-state index is 13.7. The van der Waals surface area contributed by atoms with Crippen LogP contribution in [0.15, 0.2) is 36.4 Å². The van der Waals surface area contributed by atoms with E-state index >= 15 is 0 Å². The van der Waals surface area contributed by atoms with Crippen LogP contribution in [0.1, 0.15) is 20.7 Å². The predicted octanol–water partition coefficient (Wildman–Crippen LogP) is 2.82. The van der Waals surface area contributed by atoms with Crippen molar-refractivity contribution >= 4 is 12.6 Å². The number of aromatic hydroxyl groups is 1. The Labute approximate surface area is 103 Å². The Kier molecular flexibility index (Phi) is 3.19. The number of benzene rings is 2. The molecule has 2 aromatic rings. The van der Waals surface area contributed by atoms with Crippen LogP contribution in [-0.4, -0.2) is 17.7 Å². The lowest BCUT2D eigenvalue weighted by Crippen LogP contribution is -1.90. The van der Waals surface area contributed by atoms with Crippen molar-refractivity contribution in [3.05, 3.63) is 53.3 Å². The molecule has 3 nitrogen and oxygen atoms in total. The lowest BCUT2D eigenvalue weighted by molar-refractivity contribution is 0.111. The number of carbonyl (C=O) groups is 2. The van der Waals surface area contributed by atoms with Gasteiger partial charge in [0.05, 0.1) is 5.56 Å². The molecule has 90 valence electrons. The van der Waals surface area contributed by atoms with Crippen LogP contribution in [0, 0.1) is 5.82 Å². The third-order valence-electron chi connectivity index (χ3n) is 2.59. The molecule has 1 N–H and O–H groups in total. The summed E-state index contributed by atoms with van der Waals surface area (Å²) in [5.41, 5.74) is 1.05. The Morgan fingerprint density at radius 3 is 2.44 bits per heavy atom. The largest absolute Gasteiger partial charge is 0.507 e. The molecule has 0 aliphatic rings. The molecular weight excluding hydrogens is 235 g/mol. The summed E-state index contributed by atoms with van der Waals surface area (Å²) in [5, 5.41) is 9.37. The molecule has 18 heavy (non-hydrogen) atoms. The van der Waals surface area contributed by atoms with E-state index in [4.69, 9.17) is 0 Å². The number of phenolic OH excluding ortho intramolecular Hbond substituents is 1. The van der Waals surface area contributed by atoms with E-state index in [0.717, 1.165) is 0 Å². The molecule has 2 rings (SSSR count). The standard InChI is InChI=1S/C14H9FO3/c15-13-3-1-9(7-16)5-12(13)10-2-4-14(18)11(6-10)8-17/h1-8,18H. The topological polar surface area (TPSA) is 54.4 Å². The van der Waals surface area contributed by atoms with E-state index in [2.05, 4.69) is 0 Å². The summed E-state index contributed by atoms with van der Waals surface area (Å²) in [6.45, 7) is 0. The lowest BCUT2D eigenvalue weighted by atomic mass is 10.0. The average Bonchev–Trinajstić information content (AvgIpc) is 2.40. The molecular formula is C14H9FO3. The molecule has 0 unspecified atom stereocenters. The number of hydrogen-bond acceptors (Lipinski definition) is 3. The van der Waals surface area contributed by atoms with Crippen LogP contribution in [0.2, 0.25) is 0 Å². The van der Waals surface area contributed by atoms with Crippen molar-refractivity contribution in [2.24, 2.45) is 0 Å². The molecule has 0 amide bonds. The minimum Gasteiger partial charge on any atom is -0.507 e. The van der Waals surface area contributed by atoms with Crippen molar-refractivity contribution in [3.63, 3.8) is 0 Å². The van der Waals surface area contributed by atoms with E-state index in [0.29, 0.717) is 23.7 Å². The van der Waals surface area contributed by atoms with Gasteiger partial charge in [0.2, 0.25) is 0 Å². The molecule has 0 atom stereocenters. The highest BCUT2D eigenvalue weighted by Crippen LogP contribution is 2.27. The van der Waals surface area contributed by atoms with E-state index in [9.17, 15) is 19.1 Å². The highest BCUT2D eigenvalue weighted by atomic mass is 19.1. The summed E-state index contributed by atoms with van der Waals surface area (Å²) in [5.74, 6) is -0.663. The first kappa shape index (κ1) is 12.0. The van der Waals surface area contributed by atoms with Gasteiger partial charge >= 0.3 is 0 Å². The number of rotatable bonds is 3. The Morgan fingerprint density at radius 2 is 1.78 bits per heavy atom. The van der Waals surface area contributed by atoms with Crippen molar-refractivity contribution in [2.45, 2.75) is 0 Å². The zero-order valence-corrected chi connectivity index (χ0v) is 9.26. The highest BCUT2D eigenvalue weighted by molar-refractivity contribution is 5.84. The SMILES string of the molecule is O=Cc1ccc(F)c(-c2ccc(O)c(C=O)c2)c1. The average molecular weight is 244 g/mol. The highest BCUT2D eigenvalue weighted by Gasteiger charge is 2.09. The van der Waals surface area contributed by atoms with Crippen molar-refractivity contribution in [1.29, 1.82) is 0 Å². The third-order valence-corrected chi connectivity index (χ3v) is 2.59. The van der Waals surface area contributed by atoms with Gasteiger partial charge in [-0.25, -0.2) is 4.39 Å². The first-order valence-electron chi connectivity index (χ1n) is 5.19. The molecule has 0 spiro atoms.